The summed E-state index contributed by atoms with van der Waals surface area (Å²) in [4.78, 5) is 28.6. The molecule has 0 spiro atoms. The fourth-order valence-electron chi connectivity index (χ4n) is 5.77. The summed E-state index contributed by atoms with van der Waals surface area (Å²) in [5.74, 6) is 0.243. The first-order valence-electron chi connectivity index (χ1n) is 14.1. The van der Waals surface area contributed by atoms with Crippen molar-refractivity contribution in [2.75, 3.05) is 12.0 Å². The van der Waals surface area contributed by atoms with Gasteiger partial charge in [-0.15, -0.1) is 10.2 Å². The summed E-state index contributed by atoms with van der Waals surface area (Å²) >= 11 is 2.76. The summed E-state index contributed by atoms with van der Waals surface area (Å²) in [6.07, 6.45) is 0.717. The largest absolute Gasteiger partial charge is 0.507 e. The molecule has 0 radical (unpaired) electrons. The third-order valence-corrected chi connectivity index (χ3v) is 9.98. The molecule has 1 saturated heterocycles. The van der Waals surface area contributed by atoms with Crippen molar-refractivity contribution in [2.45, 2.75) is 35.6 Å². The monoisotopic (exact) mass is 621 g/mol. The highest BCUT2D eigenvalue weighted by Gasteiger charge is 2.48. The number of amides is 1. The van der Waals surface area contributed by atoms with Crippen molar-refractivity contribution >= 4 is 56.5 Å². The van der Waals surface area contributed by atoms with Crippen molar-refractivity contribution in [3.63, 3.8) is 0 Å². The molecule has 220 valence electrons. The zero-order valence-corrected chi connectivity index (χ0v) is 25.5. The van der Waals surface area contributed by atoms with E-state index in [-0.39, 0.29) is 22.6 Å². The van der Waals surface area contributed by atoms with E-state index in [9.17, 15) is 14.7 Å². The maximum Gasteiger partial charge on any atom is 0.301 e. The summed E-state index contributed by atoms with van der Waals surface area (Å²) in [6, 6.07) is 25.9. The summed E-state index contributed by atoms with van der Waals surface area (Å²) in [6.45, 7) is 1.98. The second-order valence-electron chi connectivity index (χ2n) is 10.7. The topological polar surface area (TPSA) is 102 Å². The highest BCUT2D eigenvalue weighted by molar-refractivity contribution is 8.00. The molecular weight excluding hydrogens is 595 g/mol. The normalized spacial score (nSPS) is 18.9. The molecule has 3 heterocycles. The van der Waals surface area contributed by atoms with Gasteiger partial charge in [-0.3, -0.25) is 14.5 Å². The minimum atomic E-state index is -0.909. The van der Waals surface area contributed by atoms with E-state index in [2.05, 4.69) is 34.5 Å². The summed E-state index contributed by atoms with van der Waals surface area (Å²) in [5, 5.41) is 22.9. The molecule has 44 heavy (non-hydrogen) atoms. The zero-order chi connectivity index (χ0) is 30.4. The van der Waals surface area contributed by atoms with Gasteiger partial charge in [0.2, 0.25) is 5.13 Å². The number of aliphatic hydroxyl groups excluding tert-OH is 1. The van der Waals surface area contributed by atoms with Crippen LogP contribution in [0.4, 0.5) is 5.13 Å². The molecular formula is C34H27N3O5S2. The first-order chi connectivity index (χ1) is 21.4. The molecule has 1 aromatic heterocycles. The number of benzene rings is 4. The van der Waals surface area contributed by atoms with Crippen molar-refractivity contribution in [1.82, 2.24) is 10.2 Å². The average Bonchev–Trinajstić information content (AvgIpc) is 3.74. The van der Waals surface area contributed by atoms with Gasteiger partial charge < -0.3 is 14.6 Å². The lowest BCUT2D eigenvalue weighted by Crippen LogP contribution is -2.29. The first kappa shape index (κ1) is 28.1. The van der Waals surface area contributed by atoms with E-state index >= 15 is 0 Å². The van der Waals surface area contributed by atoms with Gasteiger partial charge >= 0.3 is 5.91 Å². The molecule has 1 amide bonds. The van der Waals surface area contributed by atoms with Crippen LogP contribution >= 0.6 is 23.1 Å². The molecule has 1 N–H and O–H groups in total. The Hall–Kier alpha value is -4.67. The fraction of sp³-hybridized carbons (Fsp3) is 0.176. The molecule has 4 aromatic carbocycles. The fourth-order valence-corrected chi connectivity index (χ4v) is 7.64. The molecule has 2 atom stereocenters. The Balaban J connectivity index is 1.25. The molecule has 0 unspecified atom stereocenters. The maximum absolute atomic E-state index is 13.6. The van der Waals surface area contributed by atoms with Crippen LogP contribution in [0.1, 0.15) is 35.2 Å². The Morgan fingerprint density at radius 1 is 1.05 bits per heavy atom. The van der Waals surface area contributed by atoms with Gasteiger partial charge in [0.05, 0.1) is 18.7 Å². The molecule has 0 bridgehead atoms. The Morgan fingerprint density at radius 3 is 2.66 bits per heavy atom. The second kappa shape index (κ2) is 11.4. The molecule has 7 rings (SSSR count). The third-order valence-electron chi connectivity index (χ3n) is 7.88. The lowest BCUT2D eigenvalue weighted by molar-refractivity contribution is -0.132. The highest BCUT2D eigenvalue weighted by atomic mass is 32.2. The van der Waals surface area contributed by atoms with Gasteiger partial charge in [0.15, 0.2) is 4.34 Å². The number of ketones is 1. The highest BCUT2D eigenvalue weighted by Crippen LogP contribution is 2.45. The number of nitrogens with zero attached hydrogens (tertiary/aromatic N) is 3. The number of aliphatic hydroxyl groups is 1. The van der Waals surface area contributed by atoms with Gasteiger partial charge in [-0.05, 0) is 64.7 Å². The Bertz CT molecular complexity index is 1950. The van der Waals surface area contributed by atoms with E-state index in [4.69, 9.17) is 9.47 Å². The smallest absolute Gasteiger partial charge is 0.301 e. The number of anilines is 1. The Kier molecular flexibility index (Phi) is 7.31. The predicted octanol–water partition coefficient (Wildman–Crippen LogP) is 6.94. The molecule has 10 heteroatoms. The SMILES string of the molecule is COc1ccc([C@H]2C(=C(O)c3ccc4c(c3)C[C@@H](C)O4)C(=O)C(=O)N2c2nnc(SCc3cccc4ccccc34)s2)cc1. The average molecular weight is 622 g/mol. The van der Waals surface area contributed by atoms with Crippen molar-refractivity contribution in [3.05, 3.63) is 113 Å². The lowest BCUT2D eigenvalue weighted by atomic mass is 9.94. The van der Waals surface area contributed by atoms with Crippen LogP contribution in [-0.4, -0.2) is 40.2 Å². The number of hydrogen-bond donors (Lipinski definition) is 1. The van der Waals surface area contributed by atoms with Crippen LogP contribution in [0, 0.1) is 0 Å². The number of Topliss-reactive ketones (excluding diaryl/α,β-unsaturated/α-hetero) is 1. The standard InChI is InChI=1S/C34H27N3O5S2/c1-19-16-24-17-22(12-15-27(24)42-19)30(38)28-29(21-10-13-25(41-2)14-11-21)37(32(40)31(28)39)33-35-36-34(44-33)43-18-23-8-5-7-20-6-3-4-9-26(20)23/h3-15,17,19,29,38H,16,18H2,1-2H3/t19-,29+/m1/s1. The number of aromatic nitrogens is 2. The first-order valence-corrected chi connectivity index (χ1v) is 15.9. The van der Waals surface area contributed by atoms with Crippen molar-refractivity contribution < 1.29 is 24.2 Å². The number of ether oxygens (including phenoxy) is 2. The van der Waals surface area contributed by atoms with E-state index in [0.717, 1.165) is 22.3 Å². The summed E-state index contributed by atoms with van der Waals surface area (Å²) in [5.41, 5.74) is 3.17. The van der Waals surface area contributed by atoms with Crippen LogP contribution in [0.15, 0.2) is 94.8 Å². The van der Waals surface area contributed by atoms with Crippen LogP contribution < -0.4 is 14.4 Å². The number of rotatable bonds is 7. The van der Waals surface area contributed by atoms with Crippen LogP contribution in [0.5, 0.6) is 11.5 Å². The van der Waals surface area contributed by atoms with Crippen LogP contribution in [0.2, 0.25) is 0 Å². The molecule has 1 fully saturated rings. The maximum atomic E-state index is 13.6. The van der Waals surface area contributed by atoms with Crippen LogP contribution in [0.3, 0.4) is 0 Å². The minimum Gasteiger partial charge on any atom is -0.507 e. The predicted molar refractivity (Wildman–Crippen MR) is 171 cm³/mol. The van der Waals surface area contributed by atoms with Gasteiger partial charge in [-0.2, -0.15) is 0 Å². The van der Waals surface area contributed by atoms with Crippen molar-refractivity contribution in [1.29, 1.82) is 0 Å². The molecule has 8 nitrogen and oxygen atoms in total. The summed E-state index contributed by atoms with van der Waals surface area (Å²) < 4.78 is 11.8. The van der Waals surface area contributed by atoms with Gasteiger partial charge in [0.1, 0.15) is 23.4 Å². The zero-order valence-electron chi connectivity index (χ0n) is 23.9. The second-order valence-corrected chi connectivity index (χ2v) is 12.9. The quantitative estimate of drug-likeness (QED) is 0.0686. The van der Waals surface area contributed by atoms with Crippen molar-refractivity contribution in [3.8, 4) is 11.5 Å². The lowest BCUT2D eigenvalue weighted by Gasteiger charge is -2.22. The Labute approximate surface area is 262 Å². The minimum absolute atomic E-state index is 0.00719. The van der Waals surface area contributed by atoms with E-state index in [0.29, 0.717) is 33.4 Å². The molecule has 5 aromatic rings. The van der Waals surface area contributed by atoms with Gasteiger partial charge in [-0.25, -0.2) is 0 Å². The number of fused-ring (bicyclic) bond motifs is 2. The van der Waals surface area contributed by atoms with Crippen LogP contribution in [-0.2, 0) is 21.8 Å². The summed E-state index contributed by atoms with van der Waals surface area (Å²) in [7, 11) is 1.57. The third kappa shape index (κ3) is 4.99. The molecule has 0 saturated carbocycles. The number of methoxy groups -OCH3 is 1. The van der Waals surface area contributed by atoms with Gasteiger partial charge in [0, 0.05) is 17.7 Å². The molecule has 2 aliphatic heterocycles. The number of hydrogen-bond acceptors (Lipinski definition) is 9. The number of carbonyl (C=O) groups excluding carboxylic acids is 2. The van der Waals surface area contributed by atoms with Gasteiger partial charge in [0.25, 0.3) is 5.78 Å². The van der Waals surface area contributed by atoms with E-state index in [1.54, 1.807) is 43.5 Å². The van der Waals surface area contributed by atoms with E-state index in [1.807, 2.05) is 31.2 Å². The number of thioether (sulfide) groups is 1. The van der Waals surface area contributed by atoms with E-state index < -0.39 is 17.7 Å². The number of carbonyl (C=O) groups is 2. The molecule has 2 aliphatic rings. The van der Waals surface area contributed by atoms with Crippen LogP contribution in [0.25, 0.3) is 16.5 Å². The van der Waals surface area contributed by atoms with Crippen molar-refractivity contribution in [2.24, 2.45) is 0 Å². The molecule has 0 aliphatic carbocycles. The van der Waals surface area contributed by atoms with E-state index in [1.165, 1.54) is 33.4 Å². The Morgan fingerprint density at radius 2 is 1.84 bits per heavy atom. The van der Waals surface area contributed by atoms with Gasteiger partial charge in [-0.1, -0.05) is 77.7 Å².